The van der Waals surface area contributed by atoms with Crippen LogP contribution in [0.4, 0.5) is 0 Å². The molecule has 0 saturated heterocycles. The Balaban J connectivity index is 1.53. The van der Waals surface area contributed by atoms with Gasteiger partial charge in [-0.3, -0.25) is 0 Å². The lowest BCUT2D eigenvalue weighted by Gasteiger charge is -2.30. The van der Waals surface area contributed by atoms with Crippen molar-refractivity contribution in [1.82, 2.24) is 0 Å². The summed E-state index contributed by atoms with van der Waals surface area (Å²) in [5.74, 6) is 0. The molecule has 0 fully saturated rings. The fraction of sp³-hybridized carbons (Fsp3) is 0.0968. The van der Waals surface area contributed by atoms with Gasteiger partial charge in [-0.1, -0.05) is 108 Å². The molecule has 1 heterocycles. The highest BCUT2D eigenvalue weighted by molar-refractivity contribution is 8.28. The number of fused-ring (bicyclic) bond motifs is 10. The normalized spacial score (nSPS) is 16.6. The quantitative estimate of drug-likeness (QED) is 0.241. The molecule has 1 aliphatic heterocycles. The third-order valence-electron chi connectivity index (χ3n) is 7.31. The summed E-state index contributed by atoms with van der Waals surface area (Å²) < 4.78 is 1.36. The number of allylic oxidation sites excluding steroid dienone is 2. The number of hydrogen-bond acceptors (Lipinski definition) is 2. The van der Waals surface area contributed by atoms with Gasteiger partial charge >= 0.3 is 0 Å². The molecule has 4 aromatic rings. The van der Waals surface area contributed by atoms with E-state index in [4.69, 9.17) is 0 Å². The number of rotatable bonds is 1. The third-order valence-corrected chi connectivity index (χ3v) is 9.80. The Hall–Kier alpha value is -2.94. The maximum absolute atomic E-state index is 2.45. The van der Waals surface area contributed by atoms with E-state index < -0.39 is 0 Å². The highest BCUT2D eigenvalue weighted by Crippen LogP contribution is 2.62. The first-order chi connectivity index (χ1) is 16.2. The minimum Gasteiger partial charge on any atom is -0.0866 e. The largest absolute Gasteiger partial charge is 0.0866 e. The van der Waals surface area contributed by atoms with Gasteiger partial charge in [-0.15, -0.1) is 0 Å². The molecule has 0 atom stereocenters. The minimum atomic E-state index is -0.256. The zero-order valence-electron chi connectivity index (χ0n) is 18.6. The minimum absolute atomic E-state index is 0.256. The van der Waals surface area contributed by atoms with E-state index >= 15 is 0 Å². The predicted molar refractivity (Wildman–Crippen MR) is 144 cm³/mol. The molecular weight excluding hydrogens is 436 g/mol. The summed E-state index contributed by atoms with van der Waals surface area (Å²) in [6.45, 7) is 4.43. The molecule has 0 radical (unpaired) electrons. The second-order valence-electron chi connectivity index (χ2n) is 8.97. The van der Waals surface area contributed by atoms with Gasteiger partial charge in [-0.25, -0.2) is 0 Å². The summed E-state index contributed by atoms with van der Waals surface area (Å²) in [6, 6.07) is 34.1. The topological polar surface area (TPSA) is 0 Å². The second-order valence-corrected chi connectivity index (χ2v) is 11.7. The van der Waals surface area contributed by atoms with E-state index in [-0.39, 0.29) is 5.41 Å². The van der Waals surface area contributed by atoms with E-state index in [0.29, 0.717) is 0 Å². The van der Waals surface area contributed by atoms with Gasteiger partial charge in [0.2, 0.25) is 0 Å². The van der Waals surface area contributed by atoms with Crippen molar-refractivity contribution in [3.05, 3.63) is 133 Å². The van der Waals surface area contributed by atoms with E-state index in [9.17, 15) is 0 Å². The van der Waals surface area contributed by atoms with Crippen LogP contribution in [0.5, 0.6) is 0 Å². The Labute approximate surface area is 203 Å². The molecular formula is C31H22S2. The van der Waals surface area contributed by atoms with Gasteiger partial charge in [0.25, 0.3) is 0 Å². The van der Waals surface area contributed by atoms with Crippen LogP contribution in [0.25, 0.3) is 28.3 Å². The van der Waals surface area contributed by atoms with Crippen molar-refractivity contribution >= 4 is 29.6 Å². The van der Waals surface area contributed by atoms with Crippen molar-refractivity contribution in [1.29, 1.82) is 0 Å². The van der Waals surface area contributed by atoms with Crippen molar-refractivity contribution in [2.45, 2.75) is 19.3 Å². The maximum Gasteiger partial charge on any atom is 0.0725 e. The van der Waals surface area contributed by atoms with Gasteiger partial charge in [0.15, 0.2) is 0 Å². The first-order valence-electron chi connectivity index (χ1n) is 11.4. The van der Waals surface area contributed by atoms with Crippen LogP contribution >= 0.6 is 23.5 Å². The molecule has 3 aliphatic rings. The molecule has 158 valence electrons. The fourth-order valence-electron chi connectivity index (χ4n) is 5.86. The summed E-state index contributed by atoms with van der Waals surface area (Å²) in [5.41, 5.74) is 12.1. The van der Waals surface area contributed by atoms with Gasteiger partial charge < -0.3 is 0 Å². The van der Waals surface area contributed by atoms with Crippen LogP contribution in [0.2, 0.25) is 0 Å². The van der Waals surface area contributed by atoms with Crippen molar-refractivity contribution in [2.24, 2.45) is 0 Å². The van der Waals surface area contributed by atoms with Crippen molar-refractivity contribution in [2.75, 3.05) is 0 Å². The summed E-state index contributed by atoms with van der Waals surface area (Å²) in [6.07, 6.45) is 2.36. The van der Waals surface area contributed by atoms with Crippen LogP contribution in [0.1, 0.15) is 41.7 Å². The van der Waals surface area contributed by atoms with Gasteiger partial charge in [0, 0.05) is 4.24 Å². The van der Waals surface area contributed by atoms with Crippen molar-refractivity contribution < 1.29 is 0 Å². The molecule has 4 aromatic carbocycles. The molecule has 0 amide bonds. The molecule has 2 aliphatic carbocycles. The predicted octanol–water partition coefficient (Wildman–Crippen LogP) is 9.06. The van der Waals surface area contributed by atoms with Crippen LogP contribution in [0, 0.1) is 0 Å². The van der Waals surface area contributed by atoms with Gasteiger partial charge in [-0.05, 0) is 85.9 Å². The first kappa shape index (κ1) is 19.5. The van der Waals surface area contributed by atoms with Crippen molar-refractivity contribution in [3.8, 4) is 22.3 Å². The van der Waals surface area contributed by atoms with Crippen LogP contribution in [0.3, 0.4) is 0 Å². The third kappa shape index (κ3) is 2.57. The van der Waals surface area contributed by atoms with E-state index in [1.165, 1.54) is 64.1 Å². The zero-order valence-corrected chi connectivity index (χ0v) is 20.2. The molecule has 0 unspecified atom stereocenters. The van der Waals surface area contributed by atoms with Crippen LogP contribution in [0.15, 0.2) is 105 Å². The Morgan fingerprint density at radius 1 is 0.545 bits per heavy atom. The van der Waals surface area contributed by atoms with Gasteiger partial charge in [-0.2, -0.15) is 0 Å². The lowest BCUT2D eigenvalue weighted by atomic mass is 9.70. The number of benzene rings is 4. The fourth-order valence-corrected chi connectivity index (χ4v) is 8.31. The van der Waals surface area contributed by atoms with E-state index in [1.807, 2.05) is 23.5 Å². The van der Waals surface area contributed by atoms with Crippen LogP contribution in [-0.2, 0) is 5.41 Å². The average molecular weight is 459 g/mol. The zero-order chi connectivity index (χ0) is 22.2. The monoisotopic (exact) mass is 458 g/mol. The van der Waals surface area contributed by atoms with Crippen LogP contribution in [-0.4, -0.2) is 0 Å². The number of hydrogen-bond donors (Lipinski definition) is 0. The number of thioether (sulfide) groups is 2. The van der Waals surface area contributed by atoms with Crippen LogP contribution < -0.4 is 0 Å². The smallest absolute Gasteiger partial charge is 0.0725 e. The average Bonchev–Trinajstić information content (AvgIpc) is 3.44. The molecule has 2 heteroatoms. The second kappa shape index (κ2) is 7.03. The molecule has 0 N–H and O–H groups in total. The maximum atomic E-state index is 2.45. The highest BCUT2D eigenvalue weighted by atomic mass is 32.2. The Morgan fingerprint density at radius 3 is 1.52 bits per heavy atom. The van der Waals surface area contributed by atoms with E-state index in [2.05, 4.69) is 111 Å². The molecule has 7 rings (SSSR count). The Bertz CT molecular complexity index is 1460. The van der Waals surface area contributed by atoms with Gasteiger partial charge in [0.05, 0.1) is 5.41 Å². The highest BCUT2D eigenvalue weighted by Gasteiger charge is 2.51. The van der Waals surface area contributed by atoms with E-state index in [0.717, 1.165) is 0 Å². The summed E-state index contributed by atoms with van der Waals surface area (Å²) in [7, 11) is 0. The van der Waals surface area contributed by atoms with Gasteiger partial charge in [0.1, 0.15) is 0 Å². The molecule has 0 saturated carbocycles. The first-order valence-corrected chi connectivity index (χ1v) is 13.0. The lowest BCUT2D eigenvalue weighted by Crippen LogP contribution is -2.25. The van der Waals surface area contributed by atoms with Crippen molar-refractivity contribution in [3.63, 3.8) is 0 Å². The van der Waals surface area contributed by atoms with E-state index in [1.54, 1.807) is 0 Å². The lowest BCUT2D eigenvalue weighted by molar-refractivity contribution is 0.793. The molecule has 33 heavy (non-hydrogen) atoms. The summed E-state index contributed by atoms with van der Waals surface area (Å²) >= 11 is 3.79. The Kier molecular flexibility index (Phi) is 4.16. The Morgan fingerprint density at radius 2 is 1.00 bits per heavy atom. The molecule has 1 spiro atoms. The standard InChI is InChI=1S/C31H22S2/c1-19-20(2)33-30(32-19)18-21-15-16-25-24-11-5-8-14-28(24)31(29(25)17-21)26-12-6-3-9-22(26)23-10-4-7-13-27(23)31/h3-18H,1-2H3. The molecule has 0 nitrogen and oxygen atoms in total. The SMILES string of the molecule is CC1=C(C)SC(=Cc2ccc3c(c2)C2(c4ccccc4-c4ccccc42)c2ccccc2-3)S1. The summed E-state index contributed by atoms with van der Waals surface area (Å²) in [4.78, 5) is 2.82. The molecule has 0 aromatic heterocycles. The summed E-state index contributed by atoms with van der Waals surface area (Å²) in [5, 5.41) is 0. The molecule has 0 bridgehead atoms.